The van der Waals surface area contributed by atoms with E-state index in [9.17, 15) is 0 Å². The quantitative estimate of drug-likeness (QED) is 0.180. The topological polar surface area (TPSA) is 69.2 Å². The van der Waals surface area contributed by atoms with Gasteiger partial charge in [-0.25, -0.2) is 9.97 Å². The van der Waals surface area contributed by atoms with Crippen molar-refractivity contribution in [2.75, 3.05) is 54.6 Å². The molecular formula is C38H40Cl2N4O4. The van der Waals surface area contributed by atoms with Gasteiger partial charge in [0.25, 0.3) is 0 Å². The fraction of sp³-hybridized carbons (Fsp3) is 0.421. The maximum Gasteiger partial charge on any atom is 0.218 e. The van der Waals surface area contributed by atoms with Crippen LogP contribution in [-0.4, -0.2) is 86.6 Å². The maximum atomic E-state index is 7.24. The number of nitrogens with zero attached hydrogens (tertiary/aromatic N) is 4. The monoisotopic (exact) mass is 686 g/mol. The molecule has 0 N–H and O–H groups in total. The Morgan fingerprint density at radius 3 is 1.38 bits per heavy atom. The minimum Gasteiger partial charge on any atom is -0.481 e. The van der Waals surface area contributed by atoms with E-state index in [1.165, 1.54) is 22.3 Å². The molecule has 8 nitrogen and oxygen atoms in total. The van der Waals surface area contributed by atoms with Crippen LogP contribution in [0.5, 0.6) is 11.8 Å². The molecular weight excluding hydrogens is 647 g/mol. The third kappa shape index (κ3) is 5.29. The zero-order valence-electron chi connectivity index (χ0n) is 27.8. The number of likely N-dealkylation sites (tertiary alicyclic amines) is 2. The highest BCUT2D eigenvalue weighted by atomic mass is 35.5. The van der Waals surface area contributed by atoms with Crippen molar-refractivity contribution >= 4 is 23.2 Å². The molecule has 1 unspecified atom stereocenters. The molecule has 8 rings (SSSR count). The number of benzene rings is 2. The SMILES string of the molecule is COc1nc(-c2cccc(-c3cccc(-c4cc5c(c(OC)n4)[C@@H](N4CC(OC)C4)CC5)c3Cl)c2Cl)cc2c1C(N1CC(OC)C1)CC2. The van der Waals surface area contributed by atoms with Gasteiger partial charge in [0.1, 0.15) is 0 Å². The Bertz CT molecular complexity index is 1740. The molecule has 4 aliphatic rings. The Balaban J connectivity index is 1.12. The van der Waals surface area contributed by atoms with Crippen molar-refractivity contribution in [3.63, 3.8) is 0 Å². The summed E-state index contributed by atoms with van der Waals surface area (Å²) in [7, 11) is 6.96. The highest BCUT2D eigenvalue weighted by molar-refractivity contribution is 6.39. The smallest absolute Gasteiger partial charge is 0.218 e. The van der Waals surface area contributed by atoms with E-state index >= 15 is 0 Å². The van der Waals surface area contributed by atoms with Crippen LogP contribution in [0.15, 0.2) is 48.5 Å². The average molecular weight is 688 g/mol. The van der Waals surface area contributed by atoms with E-state index < -0.39 is 0 Å². The van der Waals surface area contributed by atoms with Crippen LogP contribution in [0, 0.1) is 0 Å². The third-order valence-corrected chi connectivity index (χ3v) is 11.6. The van der Waals surface area contributed by atoms with Gasteiger partial charge in [0.15, 0.2) is 0 Å². The van der Waals surface area contributed by atoms with Crippen LogP contribution in [0.25, 0.3) is 33.6 Å². The Morgan fingerprint density at radius 1 is 0.604 bits per heavy atom. The minimum absolute atomic E-state index is 0.294. The fourth-order valence-corrected chi connectivity index (χ4v) is 8.75. The molecule has 2 fully saturated rings. The number of hydrogen-bond donors (Lipinski definition) is 0. The fourth-order valence-electron chi connectivity index (χ4n) is 8.10. The predicted octanol–water partition coefficient (Wildman–Crippen LogP) is 7.44. The second-order valence-corrected chi connectivity index (χ2v) is 14.0. The summed E-state index contributed by atoms with van der Waals surface area (Å²) >= 11 is 14.5. The largest absolute Gasteiger partial charge is 0.481 e. The molecule has 2 aliphatic heterocycles. The number of hydrogen-bond acceptors (Lipinski definition) is 8. The van der Waals surface area contributed by atoms with Crippen LogP contribution in [0.3, 0.4) is 0 Å². The molecule has 0 radical (unpaired) electrons. The Labute approximate surface area is 291 Å². The van der Waals surface area contributed by atoms with Crippen molar-refractivity contribution in [3.8, 4) is 45.4 Å². The first-order valence-corrected chi connectivity index (χ1v) is 17.4. The number of fused-ring (bicyclic) bond motifs is 2. The number of rotatable bonds is 9. The number of ether oxygens (including phenoxy) is 4. The molecule has 2 aromatic heterocycles. The molecule has 4 aromatic rings. The molecule has 10 heteroatoms. The van der Waals surface area contributed by atoms with Gasteiger partial charge in [0, 0.05) is 85.9 Å². The lowest BCUT2D eigenvalue weighted by atomic mass is 9.96. The Morgan fingerprint density at radius 2 is 1.00 bits per heavy atom. The van der Waals surface area contributed by atoms with Crippen LogP contribution >= 0.6 is 23.2 Å². The summed E-state index contributed by atoms with van der Waals surface area (Å²) in [6.07, 6.45) is 4.61. The lowest BCUT2D eigenvalue weighted by molar-refractivity contribution is -0.0515. The van der Waals surface area contributed by atoms with Crippen LogP contribution in [0.2, 0.25) is 10.0 Å². The molecule has 0 bridgehead atoms. The summed E-state index contributed by atoms with van der Waals surface area (Å²) in [6, 6.07) is 17.0. The Kier molecular flexibility index (Phi) is 8.60. The predicted molar refractivity (Wildman–Crippen MR) is 188 cm³/mol. The van der Waals surface area contributed by atoms with E-state index in [4.69, 9.17) is 52.1 Å². The van der Waals surface area contributed by atoms with Gasteiger partial charge < -0.3 is 18.9 Å². The summed E-state index contributed by atoms with van der Waals surface area (Å²) in [5.41, 5.74) is 9.84. The normalized spacial score (nSPS) is 21.1. The standard InChI is InChI=1S/C38H40Cl2N4O4/c1-45-23-17-43(18-23)31-13-11-21-15-29(41-37(47-3)33(21)31)27-9-5-7-25(35(27)39)26-8-6-10-28(36(26)40)30-16-22-12-14-32(34(22)38(42-30)48-4)44-19-24(20-44)46-2/h5-10,15-16,23-24,31-32H,11-14,17-20H2,1-4H3/t31-,32?/m0/s1. The molecule has 250 valence electrons. The molecule has 2 aliphatic carbocycles. The van der Waals surface area contributed by atoms with Gasteiger partial charge >= 0.3 is 0 Å². The lowest BCUT2D eigenvalue weighted by Gasteiger charge is -2.42. The van der Waals surface area contributed by atoms with Gasteiger partial charge in [-0.15, -0.1) is 0 Å². The van der Waals surface area contributed by atoms with Crippen LogP contribution in [0.1, 0.15) is 47.2 Å². The number of methoxy groups -OCH3 is 4. The second kappa shape index (κ2) is 12.9. The first kappa shape index (κ1) is 32.0. The lowest BCUT2D eigenvalue weighted by Crippen LogP contribution is -2.52. The summed E-state index contributed by atoms with van der Waals surface area (Å²) in [4.78, 5) is 14.9. The summed E-state index contributed by atoms with van der Waals surface area (Å²) < 4.78 is 22.8. The molecule has 2 aromatic carbocycles. The summed E-state index contributed by atoms with van der Waals surface area (Å²) in [6.45, 7) is 3.73. The van der Waals surface area contributed by atoms with Crippen molar-refractivity contribution < 1.29 is 18.9 Å². The first-order valence-electron chi connectivity index (χ1n) is 16.7. The van der Waals surface area contributed by atoms with Gasteiger partial charge in [-0.2, -0.15) is 0 Å². The number of aromatic nitrogens is 2. The summed E-state index contributed by atoms with van der Waals surface area (Å²) in [5.74, 6) is 1.33. The van der Waals surface area contributed by atoms with Crippen molar-refractivity contribution in [2.24, 2.45) is 0 Å². The van der Waals surface area contributed by atoms with Crippen LogP contribution < -0.4 is 9.47 Å². The van der Waals surface area contributed by atoms with Gasteiger partial charge in [-0.1, -0.05) is 59.6 Å². The van der Waals surface area contributed by atoms with Crippen molar-refractivity contribution in [3.05, 3.63) is 80.8 Å². The van der Waals surface area contributed by atoms with Crippen LogP contribution in [-0.2, 0) is 22.3 Å². The zero-order chi connectivity index (χ0) is 33.1. The zero-order valence-corrected chi connectivity index (χ0v) is 29.3. The molecule has 2 atom stereocenters. The van der Waals surface area contributed by atoms with E-state index in [1.807, 2.05) is 36.4 Å². The Hall–Kier alpha value is -3.24. The van der Waals surface area contributed by atoms with E-state index in [0.717, 1.165) is 85.5 Å². The highest BCUT2D eigenvalue weighted by Gasteiger charge is 2.40. The molecule has 48 heavy (non-hydrogen) atoms. The molecule has 4 heterocycles. The summed E-state index contributed by atoms with van der Waals surface area (Å²) in [5, 5.41) is 1.19. The number of halogens is 2. The van der Waals surface area contributed by atoms with Crippen LogP contribution in [0.4, 0.5) is 0 Å². The second-order valence-electron chi connectivity index (χ2n) is 13.2. The highest BCUT2D eigenvalue weighted by Crippen LogP contribution is 2.48. The third-order valence-electron chi connectivity index (χ3n) is 10.8. The number of aryl methyl sites for hydroxylation is 2. The minimum atomic E-state index is 0.294. The van der Waals surface area contributed by atoms with Gasteiger partial charge in [-0.3, -0.25) is 9.80 Å². The molecule has 0 saturated carbocycles. The van der Waals surface area contributed by atoms with Crippen molar-refractivity contribution in [1.82, 2.24) is 19.8 Å². The van der Waals surface area contributed by atoms with Gasteiger partial charge in [0.05, 0.1) is 47.9 Å². The molecule has 0 amide bonds. The van der Waals surface area contributed by atoms with Crippen molar-refractivity contribution in [2.45, 2.75) is 50.0 Å². The van der Waals surface area contributed by atoms with E-state index in [2.05, 4.69) is 21.9 Å². The average Bonchev–Trinajstić information content (AvgIpc) is 3.68. The van der Waals surface area contributed by atoms with E-state index in [-0.39, 0.29) is 0 Å². The number of pyridine rings is 2. The molecule has 2 saturated heterocycles. The maximum absolute atomic E-state index is 7.24. The van der Waals surface area contributed by atoms with E-state index in [1.54, 1.807) is 28.4 Å². The molecule has 0 spiro atoms. The van der Waals surface area contributed by atoms with Gasteiger partial charge in [-0.05, 0) is 48.9 Å². The van der Waals surface area contributed by atoms with Gasteiger partial charge in [0.2, 0.25) is 11.8 Å². The first-order chi connectivity index (χ1) is 23.4. The van der Waals surface area contributed by atoms with E-state index in [0.29, 0.717) is 46.1 Å². The van der Waals surface area contributed by atoms with Crippen molar-refractivity contribution in [1.29, 1.82) is 0 Å².